The Kier molecular flexibility index (Phi) is 2.90. The van der Waals surface area contributed by atoms with Crippen LogP contribution in [-0.2, 0) is 4.79 Å². The van der Waals surface area contributed by atoms with E-state index in [-0.39, 0.29) is 5.91 Å². The third-order valence-electron chi connectivity index (χ3n) is 2.55. The highest BCUT2D eigenvalue weighted by Crippen LogP contribution is 2.33. The number of hydrogen-bond acceptors (Lipinski definition) is 1. The van der Waals surface area contributed by atoms with E-state index in [0.717, 1.165) is 11.5 Å². The fourth-order valence-electron chi connectivity index (χ4n) is 1.29. The number of amides is 1. The Morgan fingerprint density at radius 3 is 2.75 bits per heavy atom. The van der Waals surface area contributed by atoms with E-state index in [1.807, 2.05) is 19.9 Å². The molecule has 0 unspecified atom stereocenters. The van der Waals surface area contributed by atoms with Crippen LogP contribution in [0.5, 0.6) is 0 Å². The van der Waals surface area contributed by atoms with Gasteiger partial charge in [0.2, 0.25) is 5.91 Å². The van der Waals surface area contributed by atoms with Gasteiger partial charge in [-0.05, 0) is 26.2 Å². The molecule has 1 fully saturated rings. The van der Waals surface area contributed by atoms with Crippen LogP contribution in [0, 0.1) is 5.92 Å². The van der Waals surface area contributed by atoms with Crippen molar-refractivity contribution in [2.45, 2.75) is 39.7 Å². The first-order valence-electron chi connectivity index (χ1n) is 4.62. The van der Waals surface area contributed by atoms with Gasteiger partial charge in [0.1, 0.15) is 0 Å². The minimum absolute atomic E-state index is 0.0958. The highest BCUT2D eigenvalue weighted by Gasteiger charge is 2.36. The second-order valence-corrected chi connectivity index (χ2v) is 3.46. The van der Waals surface area contributed by atoms with Gasteiger partial charge in [-0.2, -0.15) is 0 Å². The molecule has 1 N–H and O–H groups in total. The summed E-state index contributed by atoms with van der Waals surface area (Å²) in [4.78, 5) is 11.3. The minimum atomic E-state index is 0.0958. The highest BCUT2D eigenvalue weighted by atomic mass is 16.1. The Balaban J connectivity index is 2.29. The highest BCUT2D eigenvalue weighted by molar-refractivity contribution is 5.93. The third kappa shape index (κ3) is 2.10. The SMILES string of the molecule is C/C=C(\C)C(=O)N[C@@H]1C[C@H]1CC. The lowest BCUT2D eigenvalue weighted by Gasteiger charge is -2.02. The maximum absolute atomic E-state index is 11.3. The number of carbonyl (C=O) groups excluding carboxylic acids is 1. The summed E-state index contributed by atoms with van der Waals surface area (Å²) >= 11 is 0. The molecule has 0 aromatic carbocycles. The van der Waals surface area contributed by atoms with E-state index in [2.05, 4.69) is 12.2 Å². The second kappa shape index (κ2) is 3.74. The van der Waals surface area contributed by atoms with Gasteiger partial charge >= 0.3 is 0 Å². The predicted octanol–water partition coefficient (Wildman–Crippen LogP) is 1.87. The smallest absolute Gasteiger partial charge is 0.246 e. The lowest BCUT2D eigenvalue weighted by Crippen LogP contribution is -2.27. The van der Waals surface area contributed by atoms with Crippen molar-refractivity contribution >= 4 is 5.91 Å². The summed E-state index contributed by atoms with van der Waals surface area (Å²) in [5.41, 5.74) is 0.816. The molecule has 68 valence electrons. The van der Waals surface area contributed by atoms with Gasteiger partial charge in [0, 0.05) is 11.6 Å². The van der Waals surface area contributed by atoms with Crippen LogP contribution in [-0.4, -0.2) is 11.9 Å². The molecule has 0 heterocycles. The van der Waals surface area contributed by atoms with Crippen LogP contribution in [0.25, 0.3) is 0 Å². The number of carbonyl (C=O) groups is 1. The van der Waals surface area contributed by atoms with Gasteiger partial charge in [-0.25, -0.2) is 0 Å². The molecule has 1 rings (SSSR count). The van der Waals surface area contributed by atoms with E-state index >= 15 is 0 Å². The molecule has 2 atom stereocenters. The summed E-state index contributed by atoms with van der Waals surface area (Å²) in [6, 6.07) is 0.456. The Labute approximate surface area is 74.0 Å². The largest absolute Gasteiger partial charge is 0.349 e. The first-order chi connectivity index (χ1) is 5.69. The second-order valence-electron chi connectivity index (χ2n) is 3.46. The van der Waals surface area contributed by atoms with Gasteiger partial charge in [0.15, 0.2) is 0 Å². The molecule has 0 saturated heterocycles. The van der Waals surface area contributed by atoms with Crippen molar-refractivity contribution in [1.29, 1.82) is 0 Å². The first kappa shape index (κ1) is 9.30. The van der Waals surface area contributed by atoms with Crippen molar-refractivity contribution in [3.63, 3.8) is 0 Å². The van der Waals surface area contributed by atoms with Gasteiger partial charge in [-0.15, -0.1) is 0 Å². The van der Waals surface area contributed by atoms with Crippen molar-refractivity contribution in [3.8, 4) is 0 Å². The van der Waals surface area contributed by atoms with Crippen LogP contribution in [0.3, 0.4) is 0 Å². The Morgan fingerprint density at radius 1 is 1.67 bits per heavy atom. The summed E-state index contributed by atoms with van der Waals surface area (Å²) in [6.45, 7) is 5.90. The fraction of sp³-hybridized carbons (Fsp3) is 0.700. The van der Waals surface area contributed by atoms with Crippen molar-refractivity contribution in [3.05, 3.63) is 11.6 Å². The molecule has 0 aliphatic heterocycles. The summed E-state index contributed by atoms with van der Waals surface area (Å²) in [5, 5.41) is 3.00. The molecule has 2 heteroatoms. The topological polar surface area (TPSA) is 29.1 Å². The zero-order valence-electron chi connectivity index (χ0n) is 8.05. The van der Waals surface area contributed by atoms with Gasteiger partial charge in [0.05, 0.1) is 0 Å². The molecule has 1 saturated carbocycles. The Bertz CT molecular complexity index is 208. The number of hydrogen-bond donors (Lipinski definition) is 1. The number of allylic oxidation sites excluding steroid dienone is 1. The Hall–Kier alpha value is -0.790. The third-order valence-corrected chi connectivity index (χ3v) is 2.55. The maximum atomic E-state index is 11.3. The van der Waals surface area contributed by atoms with Gasteiger partial charge in [-0.3, -0.25) is 4.79 Å². The quantitative estimate of drug-likeness (QED) is 0.639. The van der Waals surface area contributed by atoms with Gasteiger partial charge in [-0.1, -0.05) is 19.4 Å². The molecule has 1 amide bonds. The lowest BCUT2D eigenvalue weighted by atomic mass is 10.2. The molecule has 0 aromatic rings. The molecular formula is C10H17NO. The molecule has 2 nitrogen and oxygen atoms in total. The van der Waals surface area contributed by atoms with E-state index in [4.69, 9.17) is 0 Å². The molecule has 1 aliphatic carbocycles. The summed E-state index contributed by atoms with van der Waals surface area (Å²) < 4.78 is 0. The molecule has 0 aromatic heterocycles. The van der Waals surface area contributed by atoms with E-state index in [9.17, 15) is 4.79 Å². The van der Waals surface area contributed by atoms with Crippen LogP contribution in [0.15, 0.2) is 11.6 Å². The zero-order valence-corrected chi connectivity index (χ0v) is 8.05. The van der Waals surface area contributed by atoms with E-state index in [0.29, 0.717) is 6.04 Å². The molecule has 0 spiro atoms. The lowest BCUT2D eigenvalue weighted by molar-refractivity contribution is -0.117. The monoisotopic (exact) mass is 167 g/mol. The first-order valence-corrected chi connectivity index (χ1v) is 4.62. The van der Waals surface area contributed by atoms with Crippen molar-refractivity contribution in [1.82, 2.24) is 5.32 Å². The maximum Gasteiger partial charge on any atom is 0.246 e. The van der Waals surface area contributed by atoms with Crippen molar-refractivity contribution in [2.75, 3.05) is 0 Å². The van der Waals surface area contributed by atoms with Gasteiger partial charge in [0.25, 0.3) is 0 Å². The van der Waals surface area contributed by atoms with Crippen LogP contribution in [0.2, 0.25) is 0 Å². The predicted molar refractivity (Wildman–Crippen MR) is 49.8 cm³/mol. The van der Waals surface area contributed by atoms with Crippen LogP contribution in [0.1, 0.15) is 33.6 Å². The number of rotatable bonds is 3. The fourth-order valence-corrected chi connectivity index (χ4v) is 1.29. The van der Waals surface area contributed by atoms with E-state index in [1.165, 1.54) is 12.8 Å². The van der Waals surface area contributed by atoms with Crippen LogP contribution >= 0.6 is 0 Å². The van der Waals surface area contributed by atoms with Crippen molar-refractivity contribution in [2.24, 2.45) is 5.92 Å². The number of nitrogens with one attached hydrogen (secondary N) is 1. The van der Waals surface area contributed by atoms with E-state index < -0.39 is 0 Å². The summed E-state index contributed by atoms with van der Waals surface area (Å²) in [6.07, 6.45) is 4.19. The van der Waals surface area contributed by atoms with Crippen LogP contribution < -0.4 is 5.32 Å². The minimum Gasteiger partial charge on any atom is -0.349 e. The van der Waals surface area contributed by atoms with Gasteiger partial charge < -0.3 is 5.32 Å². The average molecular weight is 167 g/mol. The molecular weight excluding hydrogens is 150 g/mol. The molecule has 0 radical (unpaired) electrons. The molecule has 1 aliphatic rings. The molecule has 12 heavy (non-hydrogen) atoms. The summed E-state index contributed by atoms with van der Waals surface area (Å²) in [5.74, 6) is 0.831. The summed E-state index contributed by atoms with van der Waals surface area (Å²) in [7, 11) is 0. The van der Waals surface area contributed by atoms with Crippen LogP contribution in [0.4, 0.5) is 0 Å². The zero-order chi connectivity index (χ0) is 9.14. The molecule has 0 bridgehead atoms. The average Bonchev–Trinajstić information content (AvgIpc) is 2.81. The van der Waals surface area contributed by atoms with E-state index in [1.54, 1.807) is 0 Å². The normalized spacial score (nSPS) is 28.4. The Morgan fingerprint density at radius 2 is 2.33 bits per heavy atom. The van der Waals surface area contributed by atoms with Crippen molar-refractivity contribution < 1.29 is 4.79 Å². The standard InChI is InChI=1S/C10H17NO/c1-4-7(3)10(12)11-9-6-8(9)5-2/h4,8-9H,5-6H2,1-3H3,(H,11,12)/b7-4+/t8-,9-/m1/s1.